The van der Waals surface area contributed by atoms with Crippen LogP contribution in [0.15, 0.2) is 18.2 Å². The number of aromatic nitrogens is 2. The zero-order valence-electron chi connectivity index (χ0n) is 11.7. The van der Waals surface area contributed by atoms with Gasteiger partial charge in [-0.2, -0.15) is 4.98 Å². The van der Waals surface area contributed by atoms with Crippen molar-refractivity contribution in [2.24, 2.45) is 5.84 Å². The van der Waals surface area contributed by atoms with E-state index in [0.29, 0.717) is 35.3 Å². The second-order valence-electron chi connectivity index (χ2n) is 4.43. The third kappa shape index (κ3) is 2.85. The van der Waals surface area contributed by atoms with Crippen molar-refractivity contribution < 1.29 is 9.13 Å². The largest absolute Gasteiger partial charge is 0.438 e. The van der Waals surface area contributed by atoms with Crippen molar-refractivity contribution in [1.82, 2.24) is 9.97 Å². The van der Waals surface area contributed by atoms with Gasteiger partial charge in [0.25, 0.3) is 0 Å². The van der Waals surface area contributed by atoms with E-state index in [1.807, 2.05) is 13.8 Å². The summed E-state index contributed by atoms with van der Waals surface area (Å²) < 4.78 is 19.0. The van der Waals surface area contributed by atoms with Gasteiger partial charge in [0.1, 0.15) is 23.2 Å². The molecule has 0 aliphatic heterocycles. The maximum absolute atomic E-state index is 13.3. The Balaban J connectivity index is 2.44. The van der Waals surface area contributed by atoms with E-state index >= 15 is 0 Å². The molecular formula is C14H17FN4O. The normalized spacial score (nSPS) is 10.4. The number of ether oxygens (including phenoxy) is 1. The van der Waals surface area contributed by atoms with Gasteiger partial charge >= 0.3 is 0 Å². The zero-order valence-corrected chi connectivity index (χ0v) is 11.7. The fraction of sp³-hybridized carbons (Fsp3) is 0.286. The highest BCUT2D eigenvalue weighted by Gasteiger charge is 2.13. The molecule has 0 atom stereocenters. The van der Waals surface area contributed by atoms with Gasteiger partial charge in [0, 0.05) is 12.5 Å². The van der Waals surface area contributed by atoms with Gasteiger partial charge in [-0.15, -0.1) is 0 Å². The summed E-state index contributed by atoms with van der Waals surface area (Å²) >= 11 is 0. The number of halogens is 1. The van der Waals surface area contributed by atoms with E-state index in [1.54, 1.807) is 13.0 Å². The highest BCUT2D eigenvalue weighted by molar-refractivity contribution is 5.49. The molecule has 0 aliphatic carbocycles. The summed E-state index contributed by atoms with van der Waals surface area (Å²) in [4.78, 5) is 8.56. The molecule has 2 rings (SSSR count). The van der Waals surface area contributed by atoms with Crippen LogP contribution < -0.4 is 16.0 Å². The Morgan fingerprint density at radius 2 is 2.05 bits per heavy atom. The van der Waals surface area contributed by atoms with Gasteiger partial charge in [-0.1, -0.05) is 13.0 Å². The lowest BCUT2D eigenvalue weighted by atomic mass is 10.2. The minimum absolute atomic E-state index is 0.356. The van der Waals surface area contributed by atoms with E-state index in [4.69, 9.17) is 10.6 Å². The van der Waals surface area contributed by atoms with Crippen LogP contribution in [0.4, 0.5) is 10.2 Å². The first-order valence-electron chi connectivity index (χ1n) is 6.33. The highest BCUT2D eigenvalue weighted by Crippen LogP contribution is 2.29. The first kappa shape index (κ1) is 14.2. The number of rotatable bonds is 4. The minimum Gasteiger partial charge on any atom is -0.438 e. The van der Waals surface area contributed by atoms with Crippen LogP contribution in [0.5, 0.6) is 11.6 Å². The molecule has 20 heavy (non-hydrogen) atoms. The second kappa shape index (κ2) is 5.83. The van der Waals surface area contributed by atoms with Gasteiger partial charge in [0.05, 0.1) is 5.56 Å². The summed E-state index contributed by atoms with van der Waals surface area (Å²) in [5, 5.41) is 0. The number of benzene rings is 1. The molecule has 0 spiro atoms. The molecule has 0 unspecified atom stereocenters. The van der Waals surface area contributed by atoms with Gasteiger partial charge in [-0.05, 0) is 25.5 Å². The summed E-state index contributed by atoms with van der Waals surface area (Å²) in [6.07, 6.45) is 0.646. The number of nitrogens with zero attached hydrogens (tertiary/aromatic N) is 2. The number of aryl methyl sites for hydroxylation is 2. The summed E-state index contributed by atoms with van der Waals surface area (Å²) in [6.45, 7) is 5.56. The SMILES string of the molecule is CCc1nc(NN)c(C)c(Oc2cc(F)ccc2C)n1. The molecule has 6 heteroatoms. The van der Waals surface area contributed by atoms with E-state index in [2.05, 4.69) is 15.4 Å². The van der Waals surface area contributed by atoms with Crippen molar-refractivity contribution in [3.63, 3.8) is 0 Å². The van der Waals surface area contributed by atoms with Gasteiger partial charge in [0.15, 0.2) is 0 Å². The third-order valence-corrected chi connectivity index (χ3v) is 2.96. The average Bonchev–Trinajstić information content (AvgIpc) is 2.45. The highest BCUT2D eigenvalue weighted by atomic mass is 19.1. The van der Waals surface area contributed by atoms with Crippen molar-refractivity contribution >= 4 is 5.82 Å². The number of nitrogen functional groups attached to an aromatic ring is 1. The van der Waals surface area contributed by atoms with Crippen molar-refractivity contribution in [2.75, 3.05) is 5.43 Å². The van der Waals surface area contributed by atoms with Crippen molar-refractivity contribution in [3.8, 4) is 11.6 Å². The van der Waals surface area contributed by atoms with Crippen LogP contribution in [-0.4, -0.2) is 9.97 Å². The molecule has 0 fully saturated rings. The Morgan fingerprint density at radius 3 is 2.70 bits per heavy atom. The molecule has 1 aromatic carbocycles. The van der Waals surface area contributed by atoms with Crippen molar-refractivity contribution in [2.45, 2.75) is 27.2 Å². The fourth-order valence-corrected chi connectivity index (χ4v) is 1.73. The number of anilines is 1. The Labute approximate surface area is 117 Å². The molecule has 0 saturated heterocycles. The molecular weight excluding hydrogens is 259 g/mol. The van der Waals surface area contributed by atoms with Crippen LogP contribution in [0.25, 0.3) is 0 Å². The first-order valence-corrected chi connectivity index (χ1v) is 6.33. The maximum Gasteiger partial charge on any atom is 0.227 e. The van der Waals surface area contributed by atoms with Gasteiger partial charge < -0.3 is 10.2 Å². The van der Waals surface area contributed by atoms with Gasteiger partial charge in [-0.25, -0.2) is 15.2 Å². The van der Waals surface area contributed by atoms with Crippen LogP contribution in [0.2, 0.25) is 0 Å². The molecule has 0 amide bonds. The lowest BCUT2D eigenvalue weighted by molar-refractivity contribution is 0.447. The van der Waals surface area contributed by atoms with E-state index in [0.717, 1.165) is 5.56 Å². The standard InChI is InChI=1S/C14H17FN4O/c1-4-12-17-13(19-16)9(3)14(18-12)20-11-7-10(15)6-5-8(11)2/h5-7H,4,16H2,1-3H3,(H,17,18,19). The monoisotopic (exact) mass is 276 g/mol. The number of hydrazine groups is 1. The fourth-order valence-electron chi connectivity index (χ4n) is 1.73. The Kier molecular flexibility index (Phi) is 4.14. The van der Waals surface area contributed by atoms with Crippen LogP contribution >= 0.6 is 0 Å². The molecule has 1 aromatic heterocycles. The molecule has 0 bridgehead atoms. The van der Waals surface area contributed by atoms with Crippen molar-refractivity contribution in [1.29, 1.82) is 0 Å². The lowest BCUT2D eigenvalue weighted by Crippen LogP contribution is -2.13. The molecule has 1 heterocycles. The predicted octanol–water partition coefficient (Wildman–Crippen LogP) is 2.87. The molecule has 106 valence electrons. The molecule has 2 aromatic rings. The van der Waals surface area contributed by atoms with Gasteiger partial charge in [-0.3, -0.25) is 0 Å². The van der Waals surface area contributed by atoms with Crippen LogP contribution in [0, 0.1) is 19.7 Å². The summed E-state index contributed by atoms with van der Waals surface area (Å²) in [6, 6.07) is 4.38. The predicted molar refractivity (Wildman–Crippen MR) is 75.2 cm³/mol. The molecule has 3 N–H and O–H groups in total. The quantitative estimate of drug-likeness (QED) is 0.663. The first-order chi connectivity index (χ1) is 9.55. The molecule has 5 nitrogen and oxygen atoms in total. The van der Waals surface area contributed by atoms with Crippen molar-refractivity contribution in [3.05, 3.63) is 41.0 Å². The number of hydrogen-bond acceptors (Lipinski definition) is 5. The lowest BCUT2D eigenvalue weighted by Gasteiger charge is -2.13. The molecule has 0 saturated carbocycles. The number of nitrogens with two attached hydrogens (primary N) is 1. The average molecular weight is 276 g/mol. The summed E-state index contributed by atoms with van der Waals surface area (Å²) in [5.41, 5.74) is 4.02. The Hall–Kier alpha value is -2.21. The molecule has 0 radical (unpaired) electrons. The van der Waals surface area contributed by atoms with Crippen LogP contribution in [0.1, 0.15) is 23.9 Å². The maximum atomic E-state index is 13.3. The zero-order chi connectivity index (χ0) is 14.7. The van der Waals surface area contributed by atoms with Gasteiger partial charge in [0.2, 0.25) is 5.88 Å². The summed E-state index contributed by atoms with van der Waals surface area (Å²) in [5.74, 6) is 6.98. The van der Waals surface area contributed by atoms with E-state index in [-0.39, 0.29) is 5.82 Å². The smallest absolute Gasteiger partial charge is 0.227 e. The van der Waals surface area contributed by atoms with E-state index in [1.165, 1.54) is 12.1 Å². The van der Waals surface area contributed by atoms with Crippen LogP contribution in [-0.2, 0) is 6.42 Å². The molecule has 0 aliphatic rings. The van der Waals surface area contributed by atoms with E-state index in [9.17, 15) is 4.39 Å². The third-order valence-electron chi connectivity index (χ3n) is 2.96. The second-order valence-corrected chi connectivity index (χ2v) is 4.43. The number of hydrogen-bond donors (Lipinski definition) is 2. The van der Waals surface area contributed by atoms with Crippen LogP contribution in [0.3, 0.4) is 0 Å². The Bertz CT molecular complexity index is 631. The van der Waals surface area contributed by atoms with E-state index < -0.39 is 0 Å². The topological polar surface area (TPSA) is 73.1 Å². The minimum atomic E-state index is -0.356. The Morgan fingerprint density at radius 1 is 1.30 bits per heavy atom. The summed E-state index contributed by atoms with van der Waals surface area (Å²) in [7, 11) is 0. The number of nitrogens with one attached hydrogen (secondary N) is 1.